The van der Waals surface area contributed by atoms with E-state index < -0.39 is 6.04 Å². The van der Waals surface area contributed by atoms with E-state index in [1.54, 1.807) is 23.0 Å². The summed E-state index contributed by atoms with van der Waals surface area (Å²) >= 11 is 0. The van der Waals surface area contributed by atoms with Crippen LogP contribution in [0.3, 0.4) is 0 Å². The Hall–Kier alpha value is -3.81. The molecule has 0 unspecified atom stereocenters. The zero-order valence-electron chi connectivity index (χ0n) is 18.3. The van der Waals surface area contributed by atoms with Gasteiger partial charge in [-0.2, -0.15) is 5.10 Å². The molecular weight excluding hydrogens is 407 g/mol. The lowest BCUT2D eigenvalue weighted by atomic mass is 10.1. The highest BCUT2D eigenvalue weighted by Crippen LogP contribution is 2.24. The summed E-state index contributed by atoms with van der Waals surface area (Å²) < 4.78 is 16.3. The summed E-state index contributed by atoms with van der Waals surface area (Å²) in [7, 11) is 0. The molecule has 0 aliphatic heterocycles. The summed E-state index contributed by atoms with van der Waals surface area (Å²) in [6.07, 6.45) is 3.69. The molecule has 32 heavy (non-hydrogen) atoms. The number of fused-ring (bicyclic) bond motifs is 1. The first-order chi connectivity index (χ1) is 15.4. The summed E-state index contributed by atoms with van der Waals surface area (Å²) in [4.78, 5) is 21.3. The quantitative estimate of drug-likeness (QED) is 0.444. The number of amides is 1. The Bertz CT molecular complexity index is 1270. The van der Waals surface area contributed by atoms with E-state index in [1.165, 1.54) is 6.07 Å². The Labute approximate surface area is 185 Å². The number of anilines is 2. The fourth-order valence-electron chi connectivity index (χ4n) is 3.54. The van der Waals surface area contributed by atoms with Crippen LogP contribution in [-0.4, -0.2) is 25.7 Å². The lowest BCUT2D eigenvalue weighted by molar-refractivity contribution is -0.115. The summed E-state index contributed by atoms with van der Waals surface area (Å²) in [6.45, 7) is 6.53. The van der Waals surface area contributed by atoms with Crippen molar-refractivity contribution in [2.24, 2.45) is 0 Å². The Morgan fingerprint density at radius 2 is 2.06 bits per heavy atom. The first-order valence-electron chi connectivity index (χ1n) is 10.5. The zero-order chi connectivity index (χ0) is 22.7. The fourth-order valence-corrected chi connectivity index (χ4v) is 3.54. The average molecular weight is 433 g/mol. The third-order valence-corrected chi connectivity index (χ3v) is 5.16. The standard InChI is InChI=1S/C24H25FN6O/c1-4-31-14-21-24(30-31)29-22(13-26-21)27-16(3)19-12-18(8-9-20(19)25)28-23(32)11-17-7-5-6-15(2)10-17/h5-10,12-14,16H,4,11H2,1-3H3,(H,28,32)(H,27,29,30)/t16-/m0/s1. The first-order valence-corrected chi connectivity index (χ1v) is 10.5. The van der Waals surface area contributed by atoms with Crippen LogP contribution in [0.4, 0.5) is 15.9 Å². The van der Waals surface area contributed by atoms with Crippen LogP contribution < -0.4 is 10.6 Å². The molecule has 0 fully saturated rings. The molecule has 0 spiro atoms. The van der Waals surface area contributed by atoms with Crippen LogP contribution >= 0.6 is 0 Å². The van der Waals surface area contributed by atoms with Crippen LogP contribution in [0.25, 0.3) is 11.2 Å². The van der Waals surface area contributed by atoms with E-state index in [2.05, 4.69) is 25.7 Å². The number of rotatable bonds is 7. The number of aryl methyl sites for hydroxylation is 2. The minimum atomic E-state index is -0.399. The molecule has 0 aliphatic carbocycles. The van der Waals surface area contributed by atoms with Crippen molar-refractivity contribution in [3.05, 3.63) is 77.4 Å². The van der Waals surface area contributed by atoms with Crippen LogP contribution in [0.5, 0.6) is 0 Å². The molecule has 0 saturated heterocycles. The molecule has 164 valence electrons. The molecule has 0 saturated carbocycles. The molecule has 0 aliphatic rings. The van der Waals surface area contributed by atoms with Crippen molar-refractivity contribution in [2.75, 3.05) is 10.6 Å². The van der Waals surface area contributed by atoms with Gasteiger partial charge in [-0.3, -0.25) is 9.48 Å². The number of nitrogens with one attached hydrogen (secondary N) is 2. The SMILES string of the molecule is CCn1cc2ncc(N[C@@H](C)c3cc(NC(=O)Cc4cccc(C)c4)ccc3F)nc2n1. The van der Waals surface area contributed by atoms with E-state index >= 15 is 0 Å². The molecule has 0 bridgehead atoms. The second kappa shape index (κ2) is 9.13. The third-order valence-electron chi connectivity index (χ3n) is 5.16. The van der Waals surface area contributed by atoms with Crippen molar-refractivity contribution in [2.45, 2.75) is 39.8 Å². The number of aromatic nitrogens is 4. The van der Waals surface area contributed by atoms with Gasteiger partial charge in [-0.15, -0.1) is 0 Å². The minimum absolute atomic E-state index is 0.156. The summed E-state index contributed by atoms with van der Waals surface area (Å²) in [5.41, 5.74) is 4.22. The molecule has 1 atom stereocenters. The highest BCUT2D eigenvalue weighted by atomic mass is 19.1. The molecule has 4 aromatic rings. The Morgan fingerprint density at radius 3 is 2.84 bits per heavy atom. The average Bonchev–Trinajstić information content (AvgIpc) is 3.17. The van der Waals surface area contributed by atoms with E-state index in [4.69, 9.17) is 0 Å². The van der Waals surface area contributed by atoms with Crippen molar-refractivity contribution in [3.8, 4) is 0 Å². The van der Waals surface area contributed by atoms with Crippen LogP contribution in [0.1, 0.15) is 36.6 Å². The molecule has 2 N–H and O–H groups in total. The van der Waals surface area contributed by atoms with Gasteiger partial charge in [0.05, 0.1) is 24.9 Å². The summed E-state index contributed by atoms with van der Waals surface area (Å²) in [5, 5.41) is 10.4. The number of benzene rings is 2. The molecule has 4 rings (SSSR count). The second-order valence-corrected chi connectivity index (χ2v) is 7.77. The van der Waals surface area contributed by atoms with Crippen molar-refractivity contribution < 1.29 is 9.18 Å². The summed E-state index contributed by atoms with van der Waals surface area (Å²) in [5.74, 6) is -0.0257. The van der Waals surface area contributed by atoms with Gasteiger partial charge >= 0.3 is 0 Å². The largest absolute Gasteiger partial charge is 0.362 e. The van der Waals surface area contributed by atoms with E-state index in [-0.39, 0.29) is 18.1 Å². The lowest BCUT2D eigenvalue weighted by Gasteiger charge is -2.17. The third kappa shape index (κ3) is 4.91. The number of carbonyl (C=O) groups is 1. The van der Waals surface area contributed by atoms with Crippen LogP contribution in [0.15, 0.2) is 54.9 Å². The van der Waals surface area contributed by atoms with E-state index in [9.17, 15) is 9.18 Å². The molecule has 8 heteroatoms. The maximum absolute atomic E-state index is 14.5. The predicted molar refractivity (Wildman–Crippen MR) is 123 cm³/mol. The van der Waals surface area contributed by atoms with Gasteiger partial charge in [0.1, 0.15) is 17.2 Å². The van der Waals surface area contributed by atoms with Gasteiger partial charge < -0.3 is 10.6 Å². The number of carbonyl (C=O) groups excluding carboxylic acids is 1. The van der Waals surface area contributed by atoms with Gasteiger partial charge in [0, 0.05) is 17.8 Å². The van der Waals surface area contributed by atoms with E-state index in [1.807, 2.05) is 51.2 Å². The van der Waals surface area contributed by atoms with Crippen molar-refractivity contribution in [1.29, 1.82) is 0 Å². The van der Waals surface area contributed by atoms with Gasteiger partial charge in [-0.25, -0.2) is 14.4 Å². The monoisotopic (exact) mass is 432 g/mol. The van der Waals surface area contributed by atoms with Crippen molar-refractivity contribution >= 4 is 28.6 Å². The first kappa shape index (κ1) is 21.4. The van der Waals surface area contributed by atoms with Gasteiger partial charge in [-0.1, -0.05) is 29.8 Å². The molecule has 1 amide bonds. The highest BCUT2D eigenvalue weighted by molar-refractivity contribution is 5.92. The molecule has 7 nitrogen and oxygen atoms in total. The van der Waals surface area contributed by atoms with Gasteiger partial charge in [0.25, 0.3) is 0 Å². The van der Waals surface area contributed by atoms with Crippen LogP contribution in [-0.2, 0) is 17.8 Å². The van der Waals surface area contributed by atoms with Crippen LogP contribution in [0.2, 0.25) is 0 Å². The molecule has 0 radical (unpaired) electrons. The Morgan fingerprint density at radius 1 is 1.22 bits per heavy atom. The Balaban J connectivity index is 1.47. The minimum Gasteiger partial charge on any atom is -0.362 e. The molecule has 2 aromatic carbocycles. The second-order valence-electron chi connectivity index (χ2n) is 7.77. The highest BCUT2D eigenvalue weighted by Gasteiger charge is 2.15. The normalized spacial score (nSPS) is 12.0. The van der Waals surface area contributed by atoms with Gasteiger partial charge in [0.15, 0.2) is 0 Å². The van der Waals surface area contributed by atoms with Crippen LogP contribution in [0, 0.1) is 12.7 Å². The molecule has 2 aromatic heterocycles. The van der Waals surface area contributed by atoms with E-state index in [0.29, 0.717) is 28.2 Å². The van der Waals surface area contributed by atoms with Gasteiger partial charge in [0.2, 0.25) is 11.6 Å². The maximum Gasteiger partial charge on any atom is 0.228 e. The Kier molecular flexibility index (Phi) is 6.11. The molecule has 2 heterocycles. The molecular formula is C24H25FN6O. The lowest BCUT2D eigenvalue weighted by Crippen LogP contribution is -2.16. The number of halogens is 1. The maximum atomic E-state index is 14.5. The van der Waals surface area contributed by atoms with Crippen molar-refractivity contribution in [3.63, 3.8) is 0 Å². The topological polar surface area (TPSA) is 84.7 Å². The van der Waals surface area contributed by atoms with Gasteiger partial charge in [-0.05, 0) is 44.5 Å². The zero-order valence-corrected chi connectivity index (χ0v) is 18.3. The summed E-state index contributed by atoms with van der Waals surface area (Å²) in [6, 6.07) is 12.0. The predicted octanol–water partition coefficient (Wildman–Crippen LogP) is 4.65. The van der Waals surface area contributed by atoms with E-state index in [0.717, 1.165) is 17.7 Å². The van der Waals surface area contributed by atoms with Crippen molar-refractivity contribution in [1.82, 2.24) is 19.7 Å². The number of hydrogen-bond acceptors (Lipinski definition) is 5. The number of hydrogen-bond donors (Lipinski definition) is 2. The number of nitrogens with zero attached hydrogens (tertiary/aromatic N) is 4. The smallest absolute Gasteiger partial charge is 0.228 e. The fraction of sp³-hybridized carbons (Fsp3) is 0.250.